The van der Waals surface area contributed by atoms with Crippen LogP contribution in [0.15, 0.2) is 72.8 Å². The topological polar surface area (TPSA) is 161 Å². The number of nitrogens with two attached hydrogens (primary N) is 2. The zero-order valence-corrected chi connectivity index (χ0v) is 19.3. The zero-order valence-electron chi connectivity index (χ0n) is 19.3. The molecule has 2 atom stereocenters. The first-order chi connectivity index (χ1) is 17.4. The molecule has 0 saturated heterocycles. The van der Waals surface area contributed by atoms with Crippen LogP contribution in [0.1, 0.15) is 22.1 Å². The Bertz CT molecular complexity index is 1590. The summed E-state index contributed by atoms with van der Waals surface area (Å²) in [5.74, 6) is -0.504. The number of primary amides is 1. The Morgan fingerprint density at radius 1 is 1.08 bits per heavy atom. The van der Waals surface area contributed by atoms with E-state index in [9.17, 15) is 14.7 Å². The summed E-state index contributed by atoms with van der Waals surface area (Å²) in [6, 6.07) is 19.9. The lowest BCUT2D eigenvalue weighted by Crippen LogP contribution is -2.38. The number of ether oxygens (including phenoxy) is 1. The van der Waals surface area contributed by atoms with E-state index in [1.807, 2.05) is 6.07 Å². The lowest BCUT2D eigenvalue weighted by molar-refractivity contribution is -0.125. The van der Waals surface area contributed by atoms with Crippen molar-refractivity contribution < 1.29 is 19.4 Å². The summed E-state index contributed by atoms with van der Waals surface area (Å²) in [6.45, 7) is 0. The molecule has 0 fully saturated rings. The standard InChI is InChI=1S/C26H24N6O4/c1-36-17-8-10-20-15(11-17)12-21(24(27)34)32(20)22(14-5-3-2-4-6-14)23(33)25(35)29-16-7-9-18-19(13-16)31-26(28)30-18/h2-13,22-23,33H,1H3,(H2,27,34)(H,29,35)(H3,28,30,31). The van der Waals surface area contributed by atoms with Gasteiger partial charge in [-0.15, -0.1) is 0 Å². The van der Waals surface area contributed by atoms with E-state index in [0.717, 1.165) is 0 Å². The van der Waals surface area contributed by atoms with Gasteiger partial charge in [-0.05, 0) is 48.0 Å². The first-order valence-corrected chi connectivity index (χ1v) is 11.1. The molecule has 2 amide bonds. The maximum absolute atomic E-state index is 13.3. The Kier molecular flexibility index (Phi) is 5.79. The summed E-state index contributed by atoms with van der Waals surface area (Å²) in [6.07, 6.45) is -1.58. The third-order valence-corrected chi connectivity index (χ3v) is 6.05. The van der Waals surface area contributed by atoms with Gasteiger partial charge in [-0.25, -0.2) is 4.98 Å². The third kappa shape index (κ3) is 4.10. The molecule has 10 heteroatoms. The molecule has 10 nitrogen and oxygen atoms in total. The molecule has 5 aromatic rings. The molecule has 3 aromatic carbocycles. The molecule has 5 rings (SSSR count). The van der Waals surface area contributed by atoms with Crippen molar-refractivity contribution in [1.29, 1.82) is 0 Å². The predicted octanol–water partition coefficient (Wildman–Crippen LogP) is 2.80. The number of nitrogens with one attached hydrogen (secondary N) is 2. The normalized spacial score (nSPS) is 12.9. The number of fused-ring (bicyclic) bond motifs is 2. The molecule has 0 aliphatic heterocycles. The van der Waals surface area contributed by atoms with Crippen molar-refractivity contribution in [2.24, 2.45) is 5.73 Å². The molecule has 0 spiro atoms. The van der Waals surface area contributed by atoms with Gasteiger partial charge in [-0.1, -0.05) is 30.3 Å². The summed E-state index contributed by atoms with van der Waals surface area (Å²) < 4.78 is 6.90. The van der Waals surface area contributed by atoms with E-state index in [0.29, 0.717) is 38.9 Å². The molecule has 2 unspecified atom stereocenters. The van der Waals surface area contributed by atoms with Crippen molar-refractivity contribution in [2.45, 2.75) is 12.1 Å². The van der Waals surface area contributed by atoms with Crippen LogP contribution in [0.25, 0.3) is 21.9 Å². The summed E-state index contributed by atoms with van der Waals surface area (Å²) in [5.41, 5.74) is 14.5. The number of amides is 2. The number of imidazole rings is 1. The molecule has 2 heterocycles. The van der Waals surface area contributed by atoms with Crippen LogP contribution in [0, 0.1) is 0 Å². The number of aromatic amines is 1. The van der Waals surface area contributed by atoms with Crippen LogP contribution in [-0.2, 0) is 4.79 Å². The molecule has 182 valence electrons. The van der Waals surface area contributed by atoms with E-state index in [-0.39, 0.29) is 11.6 Å². The average molecular weight is 485 g/mol. The Labute approximate surface area is 205 Å². The number of nitrogen functional groups attached to an aromatic ring is 1. The maximum atomic E-state index is 13.3. The van der Waals surface area contributed by atoms with E-state index in [1.165, 1.54) is 0 Å². The van der Waals surface area contributed by atoms with Crippen LogP contribution < -0.4 is 21.5 Å². The Hall–Kier alpha value is -4.83. The number of nitrogens with zero attached hydrogens (tertiary/aromatic N) is 2. The van der Waals surface area contributed by atoms with Gasteiger partial charge >= 0.3 is 0 Å². The second-order valence-corrected chi connectivity index (χ2v) is 8.33. The molecule has 0 saturated carbocycles. The number of anilines is 2. The maximum Gasteiger partial charge on any atom is 0.265 e. The molecular formula is C26H24N6O4. The molecular weight excluding hydrogens is 460 g/mol. The summed E-state index contributed by atoms with van der Waals surface area (Å²) in [4.78, 5) is 32.8. The van der Waals surface area contributed by atoms with Crippen molar-refractivity contribution >= 4 is 45.4 Å². The van der Waals surface area contributed by atoms with Crippen LogP contribution in [-0.4, -0.2) is 44.7 Å². The number of aliphatic hydroxyl groups is 1. The van der Waals surface area contributed by atoms with Crippen LogP contribution in [0.4, 0.5) is 11.6 Å². The lowest BCUT2D eigenvalue weighted by Gasteiger charge is -2.27. The number of H-pyrrole nitrogens is 1. The highest BCUT2D eigenvalue weighted by atomic mass is 16.5. The van der Waals surface area contributed by atoms with Gasteiger partial charge in [0.2, 0.25) is 0 Å². The number of carbonyl (C=O) groups is 2. The number of methoxy groups -OCH3 is 1. The Morgan fingerprint density at radius 3 is 2.58 bits per heavy atom. The second-order valence-electron chi connectivity index (χ2n) is 8.33. The fraction of sp³-hybridized carbons (Fsp3) is 0.115. The lowest BCUT2D eigenvalue weighted by atomic mass is 9.99. The van der Waals surface area contributed by atoms with Gasteiger partial charge in [0.05, 0.1) is 24.2 Å². The fourth-order valence-electron chi connectivity index (χ4n) is 4.42. The molecule has 0 bridgehead atoms. The highest BCUT2D eigenvalue weighted by Crippen LogP contribution is 2.33. The number of aliphatic hydroxyl groups excluding tert-OH is 1. The monoisotopic (exact) mass is 484 g/mol. The number of benzene rings is 3. The number of hydrogen-bond acceptors (Lipinski definition) is 6. The molecule has 0 aliphatic carbocycles. The first-order valence-electron chi connectivity index (χ1n) is 11.1. The van der Waals surface area contributed by atoms with Crippen molar-refractivity contribution in [1.82, 2.24) is 14.5 Å². The SMILES string of the molecule is COc1ccc2c(c1)cc(C(N)=O)n2C(c1ccccc1)C(O)C(=O)Nc1ccc2nc(N)[nH]c2c1. The van der Waals surface area contributed by atoms with Crippen LogP contribution >= 0.6 is 0 Å². The van der Waals surface area contributed by atoms with E-state index >= 15 is 0 Å². The summed E-state index contributed by atoms with van der Waals surface area (Å²) in [7, 11) is 1.54. The molecule has 7 N–H and O–H groups in total. The largest absolute Gasteiger partial charge is 0.497 e. The number of rotatable bonds is 7. The van der Waals surface area contributed by atoms with Gasteiger partial charge in [0, 0.05) is 16.6 Å². The van der Waals surface area contributed by atoms with Gasteiger partial charge in [0.15, 0.2) is 12.1 Å². The molecule has 36 heavy (non-hydrogen) atoms. The van der Waals surface area contributed by atoms with Gasteiger partial charge in [0.1, 0.15) is 11.4 Å². The van der Waals surface area contributed by atoms with Gasteiger partial charge in [0.25, 0.3) is 11.8 Å². The van der Waals surface area contributed by atoms with Crippen molar-refractivity contribution in [3.63, 3.8) is 0 Å². The molecule has 0 radical (unpaired) electrons. The number of carbonyl (C=O) groups excluding carboxylic acids is 2. The number of aromatic nitrogens is 3. The average Bonchev–Trinajstić information content (AvgIpc) is 3.44. The fourth-order valence-corrected chi connectivity index (χ4v) is 4.42. The Morgan fingerprint density at radius 2 is 1.86 bits per heavy atom. The van der Waals surface area contributed by atoms with E-state index < -0.39 is 24.0 Å². The number of hydrogen-bond donors (Lipinski definition) is 5. The van der Waals surface area contributed by atoms with E-state index in [4.69, 9.17) is 16.2 Å². The predicted molar refractivity (Wildman–Crippen MR) is 137 cm³/mol. The Balaban J connectivity index is 1.59. The first kappa shape index (κ1) is 22.9. The van der Waals surface area contributed by atoms with E-state index in [1.54, 1.807) is 78.4 Å². The molecule has 0 aliphatic rings. The van der Waals surface area contributed by atoms with Crippen LogP contribution in [0.2, 0.25) is 0 Å². The summed E-state index contributed by atoms with van der Waals surface area (Å²) >= 11 is 0. The highest BCUT2D eigenvalue weighted by molar-refractivity contribution is 6.00. The second kappa shape index (κ2) is 9.08. The van der Waals surface area contributed by atoms with Gasteiger partial charge < -0.3 is 36.2 Å². The highest BCUT2D eigenvalue weighted by Gasteiger charge is 2.33. The van der Waals surface area contributed by atoms with Crippen LogP contribution in [0.3, 0.4) is 0 Å². The summed E-state index contributed by atoms with van der Waals surface area (Å²) in [5, 5.41) is 14.8. The van der Waals surface area contributed by atoms with Crippen molar-refractivity contribution in [2.75, 3.05) is 18.2 Å². The van der Waals surface area contributed by atoms with E-state index in [2.05, 4.69) is 15.3 Å². The third-order valence-electron chi connectivity index (χ3n) is 6.05. The van der Waals surface area contributed by atoms with Crippen molar-refractivity contribution in [3.8, 4) is 5.75 Å². The quantitative estimate of drug-likeness (QED) is 0.239. The van der Waals surface area contributed by atoms with Gasteiger partial charge in [-0.3, -0.25) is 9.59 Å². The minimum atomic E-state index is -1.58. The smallest absolute Gasteiger partial charge is 0.265 e. The zero-order chi connectivity index (χ0) is 25.4. The van der Waals surface area contributed by atoms with Crippen LogP contribution in [0.5, 0.6) is 5.75 Å². The van der Waals surface area contributed by atoms with Crippen molar-refractivity contribution in [3.05, 3.63) is 84.1 Å². The minimum Gasteiger partial charge on any atom is -0.497 e. The van der Waals surface area contributed by atoms with Gasteiger partial charge in [-0.2, -0.15) is 0 Å². The molecule has 2 aromatic heterocycles. The minimum absolute atomic E-state index is 0.147.